The lowest BCUT2D eigenvalue weighted by atomic mass is 9.58. The first-order valence-corrected chi connectivity index (χ1v) is 8.04. The van der Waals surface area contributed by atoms with Gasteiger partial charge in [0.25, 0.3) is 0 Å². The predicted octanol–water partition coefficient (Wildman–Crippen LogP) is 6.39. The number of hydrogen-bond acceptors (Lipinski definition) is 0. The molecule has 0 aromatic carbocycles. The van der Waals surface area contributed by atoms with Crippen molar-refractivity contribution in [1.29, 1.82) is 0 Å². The molecule has 1 radical (unpaired) electrons. The van der Waals surface area contributed by atoms with E-state index in [4.69, 9.17) is 23.2 Å². The van der Waals surface area contributed by atoms with Crippen molar-refractivity contribution in [2.24, 2.45) is 16.7 Å². The van der Waals surface area contributed by atoms with Crippen LogP contribution in [0.3, 0.4) is 0 Å². The van der Waals surface area contributed by atoms with Gasteiger partial charge >= 0.3 is 0 Å². The van der Waals surface area contributed by atoms with Gasteiger partial charge in [0.2, 0.25) is 0 Å². The van der Waals surface area contributed by atoms with Crippen molar-refractivity contribution in [3.05, 3.63) is 53.4 Å². The minimum Gasteiger partial charge on any atom is -0.0847 e. The molecule has 109 valence electrons. The molecular formula is C18H23Cl2. The molecule has 2 atom stereocenters. The monoisotopic (exact) mass is 309 g/mol. The molecule has 0 nitrogen and oxygen atoms in total. The van der Waals surface area contributed by atoms with Gasteiger partial charge in [-0.05, 0) is 48.2 Å². The van der Waals surface area contributed by atoms with Crippen LogP contribution >= 0.6 is 23.2 Å². The maximum Gasteiger partial charge on any atom is 0.0363 e. The SMILES string of the molecule is [CH2]CCC(C1(C)C=CC(Cl)=CC1)C1(C)C=CC(Cl)=CC1. The lowest BCUT2D eigenvalue weighted by Crippen LogP contribution is -2.38. The van der Waals surface area contributed by atoms with Gasteiger partial charge in [-0.1, -0.05) is 74.7 Å². The number of allylic oxidation sites excluding steroid dienone is 8. The van der Waals surface area contributed by atoms with Crippen molar-refractivity contribution in [3.8, 4) is 0 Å². The second-order valence-corrected chi connectivity index (χ2v) is 7.33. The molecule has 0 aromatic rings. The normalized spacial score (nSPS) is 34.6. The molecular weight excluding hydrogens is 287 g/mol. The second kappa shape index (κ2) is 6.12. The summed E-state index contributed by atoms with van der Waals surface area (Å²) in [7, 11) is 0. The first-order chi connectivity index (χ1) is 9.39. The Balaban J connectivity index is 2.28. The van der Waals surface area contributed by atoms with Crippen molar-refractivity contribution in [3.63, 3.8) is 0 Å². The van der Waals surface area contributed by atoms with E-state index in [1.54, 1.807) is 0 Å². The van der Waals surface area contributed by atoms with E-state index in [2.05, 4.69) is 45.1 Å². The van der Waals surface area contributed by atoms with Gasteiger partial charge < -0.3 is 0 Å². The first-order valence-electron chi connectivity index (χ1n) is 7.29. The second-order valence-electron chi connectivity index (χ2n) is 6.46. The van der Waals surface area contributed by atoms with Crippen molar-refractivity contribution >= 4 is 23.2 Å². The molecule has 2 heteroatoms. The first kappa shape index (κ1) is 15.9. The van der Waals surface area contributed by atoms with Crippen LogP contribution in [0.1, 0.15) is 39.5 Å². The third-order valence-electron chi connectivity index (χ3n) is 4.81. The van der Waals surface area contributed by atoms with Crippen LogP contribution in [0.4, 0.5) is 0 Å². The van der Waals surface area contributed by atoms with E-state index in [0.29, 0.717) is 5.92 Å². The Hall–Kier alpha value is -0.460. The van der Waals surface area contributed by atoms with Crippen LogP contribution in [-0.2, 0) is 0 Å². The van der Waals surface area contributed by atoms with Crippen molar-refractivity contribution < 1.29 is 0 Å². The maximum absolute atomic E-state index is 6.09. The van der Waals surface area contributed by atoms with Gasteiger partial charge in [0.15, 0.2) is 0 Å². The van der Waals surface area contributed by atoms with Crippen LogP contribution in [0.2, 0.25) is 0 Å². The lowest BCUT2D eigenvalue weighted by molar-refractivity contribution is 0.112. The lowest BCUT2D eigenvalue weighted by Gasteiger charge is -2.47. The van der Waals surface area contributed by atoms with Crippen molar-refractivity contribution in [2.45, 2.75) is 39.5 Å². The van der Waals surface area contributed by atoms with Crippen molar-refractivity contribution in [2.75, 3.05) is 0 Å². The Labute approximate surface area is 133 Å². The Morgan fingerprint density at radius 3 is 1.80 bits per heavy atom. The van der Waals surface area contributed by atoms with Gasteiger partial charge in [0.05, 0.1) is 0 Å². The summed E-state index contributed by atoms with van der Waals surface area (Å²) in [5, 5.41) is 1.70. The molecule has 0 amide bonds. The van der Waals surface area contributed by atoms with Crippen LogP contribution in [-0.4, -0.2) is 0 Å². The van der Waals surface area contributed by atoms with Crippen molar-refractivity contribution in [1.82, 2.24) is 0 Å². The van der Waals surface area contributed by atoms with Gasteiger partial charge in [-0.3, -0.25) is 0 Å². The maximum atomic E-state index is 6.09. The topological polar surface area (TPSA) is 0 Å². The third-order valence-corrected chi connectivity index (χ3v) is 5.37. The highest BCUT2D eigenvalue weighted by Gasteiger charge is 2.43. The van der Waals surface area contributed by atoms with E-state index in [1.165, 1.54) is 0 Å². The molecule has 0 heterocycles. The standard InChI is InChI=1S/C18H23Cl2/c1-4-5-16(17(2)10-6-14(19)7-11-17)18(3)12-8-15(20)9-13-18/h6-10,12,16H,1,4-5,11,13H2,2-3H3. The summed E-state index contributed by atoms with van der Waals surface area (Å²) in [4.78, 5) is 0. The molecule has 2 aliphatic carbocycles. The van der Waals surface area contributed by atoms with E-state index in [0.717, 1.165) is 35.7 Å². The summed E-state index contributed by atoms with van der Waals surface area (Å²) in [5.74, 6) is 0.530. The summed E-state index contributed by atoms with van der Waals surface area (Å²) >= 11 is 12.2. The Morgan fingerprint density at radius 2 is 1.50 bits per heavy atom. The quantitative estimate of drug-likeness (QED) is 0.564. The Bertz CT molecular complexity index is 442. The van der Waals surface area contributed by atoms with Gasteiger partial charge in [-0.15, -0.1) is 0 Å². The molecule has 0 N–H and O–H groups in total. The summed E-state index contributed by atoms with van der Waals surface area (Å²) < 4.78 is 0. The highest BCUT2D eigenvalue weighted by molar-refractivity contribution is 6.31. The van der Waals surface area contributed by atoms with Crippen LogP contribution in [0.5, 0.6) is 0 Å². The molecule has 0 saturated heterocycles. The van der Waals surface area contributed by atoms with Gasteiger partial charge in [0.1, 0.15) is 0 Å². The van der Waals surface area contributed by atoms with Crippen LogP contribution in [0.25, 0.3) is 0 Å². The Morgan fingerprint density at radius 1 is 1.05 bits per heavy atom. The molecule has 0 spiro atoms. The minimum atomic E-state index is 0.132. The zero-order valence-electron chi connectivity index (χ0n) is 12.3. The molecule has 0 aliphatic heterocycles. The van der Waals surface area contributed by atoms with E-state index in [9.17, 15) is 0 Å². The summed E-state index contributed by atoms with van der Waals surface area (Å²) in [6.45, 7) is 8.75. The average molecular weight is 310 g/mol. The van der Waals surface area contributed by atoms with E-state index in [-0.39, 0.29) is 10.8 Å². The average Bonchev–Trinajstić information content (AvgIpc) is 2.43. The largest absolute Gasteiger partial charge is 0.0847 e. The van der Waals surface area contributed by atoms with Crippen LogP contribution in [0, 0.1) is 23.7 Å². The van der Waals surface area contributed by atoms with E-state index < -0.39 is 0 Å². The molecule has 20 heavy (non-hydrogen) atoms. The highest BCUT2D eigenvalue weighted by atomic mass is 35.5. The Kier molecular flexibility index (Phi) is 4.87. The zero-order valence-corrected chi connectivity index (χ0v) is 13.8. The summed E-state index contributed by atoms with van der Waals surface area (Å²) in [6.07, 6.45) is 17.0. The van der Waals surface area contributed by atoms with Crippen LogP contribution < -0.4 is 0 Å². The summed E-state index contributed by atoms with van der Waals surface area (Å²) in [6, 6.07) is 0. The van der Waals surface area contributed by atoms with Gasteiger partial charge in [-0.2, -0.15) is 0 Å². The minimum absolute atomic E-state index is 0.132. The number of halogens is 2. The van der Waals surface area contributed by atoms with E-state index >= 15 is 0 Å². The fourth-order valence-corrected chi connectivity index (χ4v) is 3.86. The van der Waals surface area contributed by atoms with Gasteiger partial charge in [-0.25, -0.2) is 0 Å². The molecule has 2 unspecified atom stereocenters. The summed E-state index contributed by atoms with van der Waals surface area (Å²) in [5.41, 5.74) is 0.264. The fourth-order valence-electron chi connectivity index (χ4n) is 3.58. The molecule has 2 aliphatic rings. The molecule has 0 saturated carbocycles. The van der Waals surface area contributed by atoms with Gasteiger partial charge in [0, 0.05) is 10.1 Å². The highest BCUT2D eigenvalue weighted by Crippen LogP contribution is 2.52. The van der Waals surface area contributed by atoms with Crippen LogP contribution in [0.15, 0.2) is 46.5 Å². The number of hydrogen-bond donors (Lipinski definition) is 0. The molecule has 0 fully saturated rings. The predicted molar refractivity (Wildman–Crippen MR) is 89.7 cm³/mol. The fraction of sp³-hybridized carbons (Fsp3) is 0.500. The van der Waals surface area contributed by atoms with E-state index in [1.807, 2.05) is 12.2 Å². The molecule has 0 bridgehead atoms. The smallest absolute Gasteiger partial charge is 0.0363 e. The number of rotatable bonds is 4. The molecule has 2 rings (SSSR count). The third kappa shape index (κ3) is 3.23. The zero-order chi connectivity index (χ0) is 14.8. The molecule has 0 aromatic heterocycles.